The fourth-order valence-corrected chi connectivity index (χ4v) is 3.34. The molecule has 1 amide bonds. The molecule has 2 aromatic carbocycles. The van der Waals surface area contributed by atoms with Crippen LogP contribution >= 0.6 is 0 Å². The zero-order chi connectivity index (χ0) is 19.8. The monoisotopic (exact) mass is 377 g/mol. The predicted molar refractivity (Wildman–Crippen MR) is 110 cm³/mol. The fraction of sp³-hybridized carbons (Fsp3) is 0.391. The number of nitrogens with zero attached hydrogens (tertiary/aromatic N) is 2. The van der Waals surface area contributed by atoms with Crippen LogP contribution in [0, 0.1) is 11.3 Å². The highest BCUT2D eigenvalue weighted by molar-refractivity contribution is 5.95. The predicted octanol–water partition coefficient (Wildman–Crippen LogP) is 4.35. The molecule has 1 saturated heterocycles. The van der Waals surface area contributed by atoms with Crippen LogP contribution in [0.4, 0.5) is 5.69 Å². The highest BCUT2D eigenvalue weighted by Crippen LogP contribution is 2.24. The summed E-state index contributed by atoms with van der Waals surface area (Å²) >= 11 is 0. The largest absolute Gasteiger partial charge is 0.494 e. The van der Waals surface area contributed by atoms with Gasteiger partial charge in [0.05, 0.1) is 12.7 Å². The van der Waals surface area contributed by atoms with Crippen LogP contribution in [0.25, 0.3) is 0 Å². The first kappa shape index (κ1) is 19.9. The Balaban J connectivity index is 1.51. The van der Waals surface area contributed by atoms with Gasteiger partial charge in [0.1, 0.15) is 5.75 Å². The van der Waals surface area contributed by atoms with E-state index < -0.39 is 0 Å². The number of amides is 1. The molecule has 2 aromatic rings. The van der Waals surface area contributed by atoms with Gasteiger partial charge in [0.25, 0.3) is 0 Å². The smallest absolute Gasteiger partial charge is 0.227 e. The zero-order valence-corrected chi connectivity index (χ0v) is 16.4. The van der Waals surface area contributed by atoms with Gasteiger partial charge in [-0.1, -0.05) is 24.3 Å². The van der Waals surface area contributed by atoms with Crippen molar-refractivity contribution in [2.45, 2.75) is 45.2 Å². The van der Waals surface area contributed by atoms with Crippen molar-refractivity contribution in [3.63, 3.8) is 0 Å². The Morgan fingerprint density at radius 2 is 2.07 bits per heavy atom. The number of benzene rings is 2. The Hall–Kier alpha value is -2.84. The molecule has 1 atom stereocenters. The van der Waals surface area contributed by atoms with Crippen molar-refractivity contribution in [3.8, 4) is 11.8 Å². The van der Waals surface area contributed by atoms with E-state index in [1.807, 2.05) is 35.2 Å². The van der Waals surface area contributed by atoms with E-state index >= 15 is 0 Å². The van der Waals surface area contributed by atoms with Crippen LogP contribution in [-0.4, -0.2) is 19.1 Å². The van der Waals surface area contributed by atoms with Gasteiger partial charge in [-0.3, -0.25) is 4.79 Å². The second kappa shape index (κ2) is 9.91. The third-order valence-corrected chi connectivity index (χ3v) is 4.99. The minimum atomic E-state index is 0.198. The maximum atomic E-state index is 11.9. The van der Waals surface area contributed by atoms with Gasteiger partial charge in [0.2, 0.25) is 5.91 Å². The van der Waals surface area contributed by atoms with E-state index in [0.29, 0.717) is 19.4 Å². The third kappa shape index (κ3) is 5.34. The molecule has 0 saturated carbocycles. The molecule has 5 nitrogen and oxygen atoms in total. The second-order valence-corrected chi connectivity index (χ2v) is 7.10. The average Bonchev–Trinajstić information content (AvgIpc) is 3.16. The molecule has 146 valence electrons. The average molecular weight is 377 g/mol. The molecular weight excluding hydrogens is 350 g/mol. The van der Waals surface area contributed by atoms with Gasteiger partial charge in [-0.05, 0) is 55.2 Å². The summed E-state index contributed by atoms with van der Waals surface area (Å²) in [5.41, 5.74) is 3.34. The van der Waals surface area contributed by atoms with E-state index in [9.17, 15) is 4.79 Å². The van der Waals surface area contributed by atoms with Crippen LogP contribution in [0.5, 0.6) is 5.75 Å². The number of ether oxygens (including phenoxy) is 1. The lowest BCUT2D eigenvalue weighted by molar-refractivity contribution is -0.117. The number of nitriles is 1. The molecule has 1 fully saturated rings. The maximum absolute atomic E-state index is 11.9. The molecule has 1 aliphatic rings. The van der Waals surface area contributed by atoms with Gasteiger partial charge >= 0.3 is 0 Å². The molecule has 1 unspecified atom stereocenters. The molecule has 5 heteroatoms. The topological polar surface area (TPSA) is 65.4 Å². The molecule has 28 heavy (non-hydrogen) atoms. The Kier molecular flexibility index (Phi) is 7.05. The summed E-state index contributed by atoms with van der Waals surface area (Å²) in [6.07, 6.45) is 2.86. The summed E-state index contributed by atoms with van der Waals surface area (Å²) < 4.78 is 5.70. The number of carbonyl (C=O) groups is 1. The normalized spacial score (nSPS) is 14.7. The summed E-state index contributed by atoms with van der Waals surface area (Å²) in [7, 11) is 0. The van der Waals surface area contributed by atoms with Crippen LogP contribution < -0.4 is 15.0 Å². The van der Waals surface area contributed by atoms with Crippen LogP contribution in [-0.2, 0) is 11.3 Å². The standard InChI is InChI=1S/C23H27N3O2/c1-18(20-9-11-21(12-10-20)26-14-5-8-23(26)27)25-17-19-6-4-7-22(16-19)28-15-3-2-13-24/h4,6-7,9-12,16,18,25H,2-3,5,8,14-15,17H2,1H3. The van der Waals surface area contributed by atoms with Crippen molar-refractivity contribution in [2.24, 2.45) is 0 Å². The first-order valence-corrected chi connectivity index (χ1v) is 9.90. The minimum Gasteiger partial charge on any atom is -0.494 e. The molecule has 1 heterocycles. The van der Waals surface area contributed by atoms with E-state index in [0.717, 1.165) is 42.9 Å². The number of hydrogen-bond donors (Lipinski definition) is 1. The number of carbonyl (C=O) groups excluding carboxylic acids is 1. The molecule has 0 aromatic heterocycles. The summed E-state index contributed by atoms with van der Waals surface area (Å²) in [4.78, 5) is 13.7. The molecule has 0 aliphatic carbocycles. The molecular formula is C23H27N3O2. The summed E-state index contributed by atoms with van der Waals surface area (Å²) in [6.45, 7) is 4.26. The first-order chi connectivity index (χ1) is 13.7. The summed E-state index contributed by atoms with van der Waals surface area (Å²) in [6, 6.07) is 18.6. The van der Waals surface area contributed by atoms with Crippen molar-refractivity contribution in [2.75, 3.05) is 18.1 Å². The van der Waals surface area contributed by atoms with Gasteiger partial charge in [0.15, 0.2) is 0 Å². The van der Waals surface area contributed by atoms with Gasteiger partial charge in [-0.25, -0.2) is 0 Å². The van der Waals surface area contributed by atoms with Gasteiger partial charge in [-0.15, -0.1) is 0 Å². The number of nitrogens with one attached hydrogen (secondary N) is 1. The molecule has 0 radical (unpaired) electrons. The lowest BCUT2D eigenvalue weighted by atomic mass is 10.1. The Morgan fingerprint density at radius 3 is 2.79 bits per heavy atom. The van der Waals surface area contributed by atoms with Crippen LogP contribution in [0.3, 0.4) is 0 Å². The first-order valence-electron chi connectivity index (χ1n) is 9.90. The van der Waals surface area contributed by atoms with E-state index in [1.165, 1.54) is 5.56 Å². The minimum absolute atomic E-state index is 0.198. The maximum Gasteiger partial charge on any atom is 0.227 e. The van der Waals surface area contributed by atoms with Crippen molar-refractivity contribution in [1.82, 2.24) is 5.32 Å². The van der Waals surface area contributed by atoms with Crippen LogP contribution in [0.2, 0.25) is 0 Å². The van der Waals surface area contributed by atoms with E-state index in [2.05, 4.69) is 36.5 Å². The summed E-state index contributed by atoms with van der Waals surface area (Å²) in [5, 5.41) is 12.1. The van der Waals surface area contributed by atoms with Gasteiger partial charge < -0.3 is 15.0 Å². The van der Waals surface area contributed by atoms with Gasteiger partial charge in [0, 0.05) is 37.7 Å². The fourth-order valence-electron chi connectivity index (χ4n) is 3.34. The van der Waals surface area contributed by atoms with Gasteiger partial charge in [-0.2, -0.15) is 5.26 Å². The Labute approximate surface area is 166 Å². The molecule has 1 aliphatic heterocycles. The number of hydrogen-bond acceptors (Lipinski definition) is 4. The number of anilines is 1. The van der Waals surface area contributed by atoms with Crippen molar-refractivity contribution in [1.29, 1.82) is 5.26 Å². The Bertz CT molecular complexity index is 826. The lowest BCUT2D eigenvalue weighted by Crippen LogP contribution is -2.23. The highest BCUT2D eigenvalue weighted by Gasteiger charge is 2.21. The van der Waals surface area contributed by atoms with Crippen molar-refractivity contribution >= 4 is 11.6 Å². The van der Waals surface area contributed by atoms with Crippen LogP contribution in [0.15, 0.2) is 48.5 Å². The van der Waals surface area contributed by atoms with E-state index in [-0.39, 0.29) is 11.9 Å². The quantitative estimate of drug-likeness (QED) is 0.660. The molecule has 0 bridgehead atoms. The number of rotatable bonds is 9. The molecule has 0 spiro atoms. The van der Waals surface area contributed by atoms with Crippen molar-refractivity contribution in [3.05, 3.63) is 59.7 Å². The van der Waals surface area contributed by atoms with E-state index in [1.54, 1.807) is 0 Å². The van der Waals surface area contributed by atoms with E-state index in [4.69, 9.17) is 10.00 Å². The highest BCUT2D eigenvalue weighted by atomic mass is 16.5. The molecule has 1 N–H and O–H groups in total. The zero-order valence-electron chi connectivity index (χ0n) is 16.4. The molecule has 3 rings (SSSR count). The number of unbranched alkanes of at least 4 members (excludes halogenated alkanes) is 1. The third-order valence-electron chi connectivity index (χ3n) is 4.99. The Morgan fingerprint density at radius 1 is 1.25 bits per heavy atom. The van der Waals surface area contributed by atoms with Crippen molar-refractivity contribution < 1.29 is 9.53 Å². The van der Waals surface area contributed by atoms with Crippen LogP contribution in [0.1, 0.15) is 49.8 Å². The summed E-state index contributed by atoms with van der Waals surface area (Å²) in [5.74, 6) is 1.05. The SMILES string of the molecule is CC(NCc1cccc(OCCCC#N)c1)c1ccc(N2CCCC2=O)cc1. The second-order valence-electron chi connectivity index (χ2n) is 7.10. The lowest BCUT2D eigenvalue weighted by Gasteiger charge is -2.18.